The maximum Gasteiger partial charge on any atom is 0.242 e. The molecule has 2 aliphatic rings. The number of rotatable bonds is 7. The maximum absolute atomic E-state index is 13.3. The molecular weight excluding hydrogens is 486 g/mol. The molecule has 33 heavy (non-hydrogen) atoms. The first-order valence-electron chi connectivity index (χ1n) is 11.3. The molecule has 1 unspecified atom stereocenters. The highest BCUT2D eigenvalue weighted by atomic mass is 79.9. The van der Waals surface area contributed by atoms with Crippen LogP contribution in [0.25, 0.3) is 0 Å². The van der Waals surface area contributed by atoms with Crippen molar-refractivity contribution in [1.29, 1.82) is 0 Å². The first kappa shape index (κ1) is 25.1. The molecule has 0 spiro atoms. The fraction of sp³-hybridized carbons (Fsp3) is 0.520. The van der Waals surface area contributed by atoms with Crippen LogP contribution in [0.1, 0.15) is 52.5 Å². The molecule has 4 amide bonds. The van der Waals surface area contributed by atoms with Crippen LogP contribution in [-0.2, 0) is 25.7 Å². The predicted octanol–water partition coefficient (Wildman–Crippen LogP) is 3.42. The number of hydrogen-bond donors (Lipinski definition) is 1. The Morgan fingerprint density at radius 1 is 1.15 bits per heavy atom. The molecule has 0 saturated carbocycles. The van der Waals surface area contributed by atoms with E-state index in [1.165, 1.54) is 9.80 Å². The van der Waals surface area contributed by atoms with E-state index in [0.717, 1.165) is 10.0 Å². The fourth-order valence-electron chi connectivity index (χ4n) is 4.33. The van der Waals surface area contributed by atoms with Gasteiger partial charge in [-0.3, -0.25) is 24.1 Å². The summed E-state index contributed by atoms with van der Waals surface area (Å²) < 4.78 is 0.878. The standard InChI is InChI=1S/C25H32BrN3O4/c1-16(22(31)27-25(2,3)4)29(15-17-8-7-9-18(26)14-17)21(30)12-13-28-23(32)19-10-5-6-11-20(19)24(28)33/h5-9,14,16,19-20H,10-13,15H2,1-4H3,(H,27,31)/t16?,19-,20+. The van der Waals surface area contributed by atoms with E-state index in [-0.39, 0.29) is 55.0 Å². The third kappa shape index (κ3) is 6.10. The van der Waals surface area contributed by atoms with E-state index in [1.807, 2.05) is 57.2 Å². The number of nitrogens with one attached hydrogen (secondary N) is 1. The average Bonchev–Trinajstić information content (AvgIpc) is 2.99. The monoisotopic (exact) mass is 517 g/mol. The van der Waals surface area contributed by atoms with Gasteiger partial charge in [-0.1, -0.05) is 40.2 Å². The van der Waals surface area contributed by atoms with Crippen LogP contribution in [0.5, 0.6) is 0 Å². The molecule has 178 valence electrons. The molecule has 3 rings (SSSR count). The zero-order valence-corrected chi connectivity index (χ0v) is 21.2. The number of benzene rings is 1. The van der Waals surface area contributed by atoms with E-state index in [9.17, 15) is 19.2 Å². The lowest BCUT2D eigenvalue weighted by Crippen LogP contribution is -2.52. The van der Waals surface area contributed by atoms with Crippen molar-refractivity contribution in [2.45, 2.75) is 65.1 Å². The van der Waals surface area contributed by atoms with E-state index in [2.05, 4.69) is 21.2 Å². The zero-order valence-electron chi connectivity index (χ0n) is 19.6. The summed E-state index contributed by atoms with van der Waals surface area (Å²) in [6.07, 6.45) is 5.00. The van der Waals surface area contributed by atoms with Gasteiger partial charge in [0.05, 0.1) is 11.8 Å². The summed E-state index contributed by atoms with van der Waals surface area (Å²) in [5.41, 5.74) is 0.438. The minimum Gasteiger partial charge on any atom is -0.350 e. The second kappa shape index (κ2) is 10.2. The average molecular weight is 518 g/mol. The second-order valence-electron chi connectivity index (χ2n) is 9.80. The molecule has 1 aliphatic carbocycles. The van der Waals surface area contributed by atoms with Crippen LogP contribution >= 0.6 is 15.9 Å². The van der Waals surface area contributed by atoms with Crippen LogP contribution in [0.2, 0.25) is 0 Å². The number of carbonyl (C=O) groups is 4. The van der Waals surface area contributed by atoms with E-state index >= 15 is 0 Å². The van der Waals surface area contributed by atoms with Gasteiger partial charge in [0.1, 0.15) is 6.04 Å². The van der Waals surface area contributed by atoms with Gasteiger partial charge in [0.2, 0.25) is 23.6 Å². The Labute approximate surface area is 203 Å². The quantitative estimate of drug-likeness (QED) is 0.443. The van der Waals surface area contributed by atoms with Crippen LogP contribution in [0.15, 0.2) is 40.9 Å². The van der Waals surface area contributed by atoms with Gasteiger partial charge < -0.3 is 10.2 Å². The smallest absolute Gasteiger partial charge is 0.242 e. The van der Waals surface area contributed by atoms with E-state index in [4.69, 9.17) is 0 Å². The highest BCUT2D eigenvalue weighted by Crippen LogP contribution is 2.35. The van der Waals surface area contributed by atoms with Gasteiger partial charge in [0.25, 0.3) is 0 Å². The molecule has 7 nitrogen and oxygen atoms in total. The summed E-state index contributed by atoms with van der Waals surface area (Å²) >= 11 is 3.44. The number of halogens is 1. The summed E-state index contributed by atoms with van der Waals surface area (Å²) in [6, 6.07) is 6.85. The van der Waals surface area contributed by atoms with Crippen molar-refractivity contribution < 1.29 is 19.2 Å². The van der Waals surface area contributed by atoms with Crippen molar-refractivity contribution >= 4 is 39.6 Å². The highest BCUT2D eigenvalue weighted by molar-refractivity contribution is 9.10. The van der Waals surface area contributed by atoms with Crippen molar-refractivity contribution in [3.63, 3.8) is 0 Å². The van der Waals surface area contributed by atoms with E-state index in [0.29, 0.717) is 12.8 Å². The first-order valence-corrected chi connectivity index (χ1v) is 12.1. The van der Waals surface area contributed by atoms with Crippen molar-refractivity contribution in [1.82, 2.24) is 15.1 Å². The Kier molecular flexibility index (Phi) is 7.77. The molecule has 1 saturated heterocycles. The van der Waals surface area contributed by atoms with Crippen molar-refractivity contribution in [3.05, 3.63) is 46.5 Å². The van der Waals surface area contributed by atoms with Crippen LogP contribution in [0, 0.1) is 11.8 Å². The van der Waals surface area contributed by atoms with Crippen LogP contribution < -0.4 is 5.32 Å². The number of nitrogens with zero attached hydrogens (tertiary/aromatic N) is 2. The molecule has 0 radical (unpaired) electrons. The molecular formula is C25H32BrN3O4. The minimum absolute atomic E-state index is 0.0223. The lowest BCUT2D eigenvalue weighted by molar-refractivity contribution is -0.144. The van der Waals surface area contributed by atoms with Crippen molar-refractivity contribution in [2.75, 3.05) is 6.54 Å². The number of hydrogen-bond acceptors (Lipinski definition) is 4. The summed E-state index contributed by atoms with van der Waals surface area (Å²) in [4.78, 5) is 54.4. The summed E-state index contributed by atoms with van der Waals surface area (Å²) in [6.45, 7) is 7.63. The number of imide groups is 1. The molecule has 1 N–H and O–H groups in total. The van der Waals surface area contributed by atoms with Gasteiger partial charge in [-0.2, -0.15) is 0 Å². The molecule has 1 aliphatic heterocycles. The lowest BCUT2D eigenvalue weighted by atomic mass is 9.85. The highest BCUT2D eigenvalue weighted by Gasteiger charge is 2.47. The zero-order chi connectivity index (χ0) is 24.3. The predicted molar refractivity (Wildman–Crippen MR) is 129 cm³/mol. The van der Waals surface area contributed by atoms with E-state index < -0.39 is 11.6 Å². The van der Waals surface area contributed by atoms with E-state index in [1.54, 1.807) is 6.92 Å². The number of allylic oxidation sites excluding steroid dienone is 2. The molecule has 1 aromatic carbocycles. The number of carbonyl (C=O) groups excluding carboxylic acids is 4. The second-order valence-corrected chi connectivity index (χ2v) is 10.7. The molecule has 0 aromatic heterocycles. The van der Waals surface area contributed by atoms with Gasteiger partial charge in [0.15, 0.2) is 0 Å². The van der Waals surface area contributed by atoms with Crippen LogP contribution in [-0.4, -0.2) is 51.6 Å². The Balaban J connectivity index is 1.73. The maximum atomic E-state index is 13.3. The Morgan fingerprint density at radius 3 is 2.30 bits per heavy atom. The fourth-order valence-corrected chi connectivity index (χ4v) is 4.78. The molecule has 3 atom stereocenters. The Hall–Kier alpha value is -2.48. The van der Waals surface area contributed by atoms with Crippen LogP contribution in [0.3, 0.4) is 0 Å². The summed E-state index contributed by atoms with van der Waals surface area (Å²) in [5.74, 6) is -1.55. The SMILES string of the molecule is CC(C(=O)NC(C)(C)C)N(Cc1cccc(Br)c1)C(=O)CCN1C(=O)[C@H]2CC=CC[C@H]2C1=O. The Bertz CT molecular complexity index is 943. The molecule has 1 heterocycles. The topological polar surface area (TPSA) is 86.8 Å². The third-order valence-electron chi connectivity index (χ3n) is 6.06. The van der Waals surface area contributed by atoms with Crippen LogP contribution in [0.4, 0.5) is 0 Å². The lowest BCUT2D eigenvalue weighted by Gasteiger charge is -2.32. The summed E-state index contributed by atoms with van der Waals surface area (Å²) in [7, 11) is 0. The normalized spacial score (nSPS) is 21.1. The molecule has 1 aromatic rings. The minimum atomic E-state index is -0.715. The van der Waals surface area contributed by atoms with Crippen molar-refractivity contribution in [3.8, 4) is 0 Å². The third-order valence-corrected chi connectivity index (χ3v) is 6.55. The van der Waals surface area contributed by atoms with Gasteiger partial charge in [-0.05, 0) is 58.2 Å². The Morgan fingerprint density at radius 2 is 1.76 bits per heavy atom. The van der Waals surface area contributed by atoms with Crippen molar-refractivity contribution in [2.24, 2.45) is 11.8 Å². The van der Waals surface area contributed by atoms with Gasteiger partial charge in [-0.25, -0.2) is 0 Å². The number of fused-ring (bicyclic) bond motifs is 1. The number of amides is 4. The van der Waals surface area contributed by atoms with Gasteiger partial charge in [-0.15, -0.1) is 0 Å². The van der Waals surface area contributed by atoms with Gasteiger partial charge >= 0.3 is 0 Å². The summed E-state index contributed by atoms with van der Waals surface area (Å²) in [5, 5.41) is 2.93. The largest absolute Gasteiger partial charge is 0.350 e. The number of likely N-dealkylation sites (tertiary alicyclic amines) is 1. The molecule has 0 bridgehead atoms. The molecule has 1 fully saturated rings. The first-order chi connectivity index (χ1) is 15.5. The van der Waals surface area contributed by atoms with Gasteiger partial charge in [0, 0.05) is 29.5 Å². The molecule has 8 heteroatoms.